The number of nitrogens with zero attached hydrogens (tertiary/aromatic N) is 3. The second kappa shape index (κ2) is 8.57. The van der Waals surface area contributed by atoms with E-state index in [4.69, 9.17) is 0 Å². The summed E-state index contributed by atoms with van der Waals surface area (Å²) in [5.41, 5.74) is 4.75. The maximum absolute atomic E-state index is 13.5. The fraction of sp³-hybridized carbons (Fsp3) is 0.280. The van der Waals surface area contributed by atoms with Crippen molar-refractivity contribution in [2.24, 2.45) is 0 Å². The van der Waals surface area contributed by atoms with E-state index in [-0.39, 0.29) is 17.4 Å². The Balaban J connectivity index is 1.47. The van der Waals surface area contributed by atoms with Crippen molar-refractivity contribution < 1.29 is 18.4 Å². The topological polar surface area (TPSA) is 45.6 Å². The van der Waals surface area contributed by atoms with Gasteiger partial charge in [0.25, 0.3) is 11.8 Å². The molecule has 7 heteroatoms. The van der Waals surface area contributed by atoms with Gasteiger partial charge in [-0.2, -0.15) is 0 Å². The molecule has 1 aliphatic rings. The van der Waals surface area contributed by atoms with Crippen molar-refractivity contribution in [3.8, 4) is 5.69 Å². The van der Waals surface area contributed by atoms with Gasteiger partial charge in [-0.25, -0.2) is 8.78 Å². The van der Waals surface area contributed by atoms with E-state index in [1.807, 2.05) is 45.0 Å². The van der Waals surface area contributed by atoms with Gasteiger partial charge >= 0.3 is 0 Å². The normalized spacial score (nSPS) is 14.0. The number of rotatable bonds is 3. The van der Waals surface area contributed by atoms with Crippen molar-refractivity contribution in [3.05, 3.63) is 88.2 Å². The Kier molecular flexibility index (Phi) is 5.82. The van der Waals surface area contributed by atoms with E-state index in [1.54, 1.807) is 9.80 Å². The van der Waals surface area contributed by atoms with Crippen molar-refractivity contribution in [1.82, 2.24) is 14.4 Å². The van der Waals surface area contributed by atoms with E-state index in [0.717, 1.165) is 34.8 Å². The summed E-state index contributed by atoms with van der Waals surface area (Å²) in [4.78, 5) is 29.2. The van der Waals surface area contributed by atoms with Crippen molar-refractivity contribution >= 4 is 11.8 Å². The third kappa shape index (κ3) is 4.02. The van der Waals surface area contributed by atoms with Crippen LogP contribution in [0.4, 0.5) is 8.78 Å². The number of hydrogen-bond donors (Lipinski definition) is 0. The molecule has 0 atom stereocenters. The minimum Gasteiger partial charge on any atom is -0.335 e. The van der Waals surface area contributed by atoms with E-state index >= 15 is 0 Å². The van der Waals surface area contributed by atoms with E-state index in [1.165, 1.54) is 6.07 Å². The summed E-state index contributed by atoms with van der Waals surface area (Å²) >= 11 is 0. The Morgan fingerprint density at radius 1 is 0.781 bits per heavy atom. The van der Waals surface area contributed by atoms with Gasteiger partial charge in [0.1, 0.15) is 0 Å². The molecule has 2 heterocycles. The first-order chi connectivity index (χ1) is 15.3. The van der Waals surface area contributed by atoms with Crippen LogP contribution in [0.15, 0.2) is 48.5 Å². The molecule has 1 aliphatic heterocycles. The summed E-state index contributed by atoms with van der Waals surface area (Å²) < 4.78 is 28.7. The van der Waals surface area contributed by atoms with Gasteiger partial charge < -0.3 is 14.4 Å². The van der Waals surface area contributed by atoms with Crippen molar-refractivity contribution in [2.75, 3.05) is 26.2 Å². The SMILES string of the molecule is Cc1cccc(-n2c(C)cc(C(=O)N3CCN(C(=O)c4ccc(F)c(F)c4)CC3)c2C)c1. The first-order valence-corrected chi connectivity index (χ1v) is 10.6. The van der Waals surface area contributed by atoms with Crippen LogP contribution in [0.2, 0.25) is 0 Å². The van der Waals surface area contributed by atoms with Crippen LogP contribution >= 0.6 is 0 Å². The van der Waals surface area contributed by atoms with E-state index in [9.17, 15) is 18.4 Å². The highest BCUT2D eigenvalue weighted by Crippen LogP contribution is 2.23. The molecule has 0 bridgehead atoms. The van der Waals surface area contributed by atoms with E-state index in [0.29, 0.717) is 31.7 Å². The molecule has 0 radical (unpaired) electrons. The molecule has 0 saturated carbocycles. The molecule has 0 N–H and O–H groups in total. The maximum atomic E-state index is 13.5. The van der Waals surface area contributed by atoms with Gasteiger partial charge in [0.05, 0.1) is 5.56 Å². The van der Waals surface area contributed by atoms with Crippen LogP contribution in [0, 0.1) is 32.4 Å². The molecule has 1 fully saturated rings. The van der Waals surface area contributed by atoms with Crippen LogP contribution < -0.4 is 0 Å². The van der Waals surface area contributed by atoms with Crippen LogP contribution in [0.1, 0.15) is 37.7 Å². The lowest BCUT2D eigenvalue weighted by molar-refractivity contribution is 0.0534. The van der Waals surface area contributed by atoms with Crippen LogP contribution in [-0.4, -0.2) is 52.4 Å². The van der Waals surface area contributed by atoms with Crippen LogP contribution in [-0.2, 0) is 0 Å². The minimum absolute atomic E-state index is 0.0723. The minimum atomic E-state index is -1.05. The molecule has 0 aliphatic carbocycles. The predicted octanol–water partition coefficient (Wildman–Crippen LogP) is 4.28. The molecular weight excluding hydrogens is 412 g/mol. The molecular formula is C25H25F2N3O2. The Morgan fingerprint density at radius 2 is 1.44 bits per heavy atom. The van der Waals surface area contributed by atoms with Gasteiger partial charge in [-0.1, -0.05) is 12.1 Å². The number of benzene rings is 2. The number of piperazine rings is 1. The summed E-state index contributed by atoms with van der Waals surface area (Å²) in [5.74, 6) is -2.47. The van der Waals surface area contributed by atoms with E-state index in [2.05, 4.69) is 10.6 Å². The van der Waals surface area contributed by atoms with Crippen LogP contribution in [0.25, 0.3) is 5.69 Å². The summed E-state index contributed by atoms with van der Waals surface area (Å²) in [6.45, 7) is 7.37. The van der Waals surface area contributed by atoms with Crippen LogP contribution in [0.5, 0.6) is 0 Å². The molecule has 1 aromatic heterocycles. The number of carbonyl (C=O) groups is 2. The fourth-order valence-electron chi connectivity index (χ4n) is 4.24. The van der Waals surface area contributed by atoms with Crippen LogP contribution in [0.3, 0.4) is 0 Å². The molecule has 0 spiro atoms. The van der Waals surface area contributed by atoms with E-state index < -0.39 is 11.6 Å². The highest BCUT2D eigenvalue weighted by atomic mass is 19.2. The van der Waals surface area contributed by atoms with Gasteiger partial charge in [0.2, 0.25) is 0 Å². The van der Waals surface area contributed by atoms with Crippen molar-refractivity contribution in [1.29, 1.82) is 0 Å². The zero-order valence-corrected chi connectivity index (χ0v) is 18.4. The highest BCUT2D eigenvalue weighted by molar-refractivity contribution is 5.97. The first kappa shape index (κ1) is 21.7. The molecule has 3 aromatic rings. The number of hydrogen-bond acceptors (Lipinski definition) is 2. The van der Waals surface area contributed by atoms with Gasteiger partial charge in [0.15, 0.2) is 11.6 Å². The molecule has 4 rings (SSSR count). The maximum Gasteiger partial charge on any atom is 0.255 e. The third-order valence-electron chi connectivity index (χ3n) is 5.94. The predicted molar refractivity (Wildman–Crippen MR) is 118 cm³/mol. The average molecular weight is 437 g/mol. The standard InChI is InChI=1S/C25H25F2N3O2/c1-16-5-4-6-20(13-16)30-17(2)14-21(18(30)3)25(32)29-11-9-28(10-12-29)24(31)19-7-8-22(26)23(27)15-19/h4-8,13-15H,9-12H2,1-3H3. The number of aryl methyl sites for hydroxylation is 2. The number of aromatic nitrogens is 1. The number of halogens is 2. The molecule has 2 aromatic carbocycles. The summed E-state index contributed by atoms with van der Waals surface area (Å²) in [6.07, 6.45) is 0. The smallest absolute Gasteiger partial charge is 0.255 e. The van der Waals surface area contributed by atoms with Crippen molar-refractivity contribution in [3.63, 3.8) is 0 Å². The lowest BCUT2D eigenvalue weighted by Crippen LogP contribution is -2.50. The quantitative estimate of drug-likeness (QED) is 0.614. The molecule has 1 saturated heterocycles. The lowest BCUT2D eigenvalue weighted by Gasteiger charge is -2.35. The van der Waals surface area contributed by atoms with Gasteiger partial charge in [-0.05, 0) is 62.7 Å². The third-order valence-corrected chi connectivity index (χ3v) is 5.94. The van der Waals surface area contributed by atoms with Gasteiger partial charge in [0, 0.05) is 48.8 Å². The molecule has 2 amide bonds. The molecule has 0 unspecified atom stereocenters. The van der Waals surface area contributed by atoms with Crippen molar-refractivity contribution in [2.45, 2.75) is 20.8 Å². The zero-order chi connectivity index (χ0) is 23.0. The highest BCUT2D eigenvalue weighted by Gasteiger charge is 2.28. The molecule has 32 heavy (non-hydrogen) atoms. The first-order valence-electron chi connectivity index (χ1n) is 10.6. The number of amides is 2. The van der Waals surface area contributed by atoms with Gasteiger partial charge in [-0.3, -0.25) is 9.59 Å². The Bertz CT molecular complexity index is 1190. The fourth-order valence-corrected chi connectivity index (χ4v) is 4.24. The lowest BCUT2D eigenvalue weighted by atomic mass is 10.1. The summed E-state index contributed by atoms with van der Waals surface area (Å²) in [5, 5.41) is 0. The second-order valence-electron chi connectivity index (χ2n) is 8.17. The Labute approximate surface area is 185 Å². The summed E-state index contributed by atoms with van der Waals surface area (Å²) in [6, 6.07) is 13.2. The second-order valence-corrected chi connectivity index (χ2v) is 8.17. The average Bonchev–Trinajstić information content (AvgIpc) is 3.08. The summed E-state index contributed by atoms with van der Waals surface area (Å²) in [7, 11) is 0. The van der Waals surface area contributed by atoms with Gasteiger partial charge in [-0.15, -0.1) is 0 Å². The largest absolute Gasteiger partial charge is 0.335 e. The Hall–Kier alpha value is -3.48. The Morgan fingerprint density at radius 3 is 2.06 bits per heavy atom. The number of carbonyl (C=O) groups excluding carboxylic acids is 2. The monoisotopic (exact) mass is 437 g/mol. The molecule has 5 nitrogen and oxygen atoms in total. The molecule has 166 valence electrons. The zero-order valence-electron chi connectivity index (χ0n) is 18.4.